The fraction of sp³-hybridized carbons (Fsp3) is 0.176. The van der Waals surface area contributed by atoms with E-state index >= 15 is 0 Å². The van der Waals surface area contributed by atoms with Gasteiger partial charge in [0.05, 0.1) is 32.5 Å². The van der Waals surface area contributed by atoms with E-state index in [4.69, 9.17) is 14.2 Å². The van der Waals surface area contributed by atoms with Crippen LogP contribution in [-0.2, 0) is 0 Å². The molecular formula is C17H17N3O6. The molecule has 0 fully saturated rings. The zero-order valence-corrected chi connectivity index (χ0v) is 14.4. The molecule has 0 atom stereocenters. The van der Waals surface area contributed by atoms with Crippen molar-refractivity contribution < 1.29 is 23.9 Å². The van der Waals surface area contributed by atoms with E-state index in [2.05, 4.69) is 10.5 Å². The lowest BCUT2D eigenvalue weighted by molar-refractivity contribution is -0.385. The molecule has 2 aromatic rings. The topological polar surface area (TPSA) is 112 Å². The smallest absolute Gasteiger partial charge is 0.282 e. The minimum Gasteiger partial charge on any atom is -0.493 e. The van der Waals surface area contributed by atoms with Crippen molar-refractivity contribution >= 4 is 17.8 Å². The molecule has 0 radical (unpaired) electrons. The summed E-state index contributed by atoms with van der Waals surface area (Å²) < 4.78 is 15.7. The molecule has 0 unspecified atom stereocenters. The molecule has 2 aromatic carbocycles. The summed E-state index contributed by atoms with van der Waals surface area (Å²) in [5, 5.41) is 14.8. The molecule has 1 amide bonds. The predicted octanol–water partition coefficient (Wildman–Crippen LogP) is 2.38. The first kappa shape index (κ1) is 18.7. The summed E-state index contributed by atoms with van der Waals surface area (Å²) in [7, 11) is 4.45. The van der Waals surface area contributed by atoms with E-state index in [9.17, 15) is 14.9 Å². The lowest BCUT2D eigenvalue weighted by atomic mass is 10.2. The third-order valence-corrected chi connectivity index (χ3v) is 3.41. The summed E-state index contributed by atoms with van der Waals surface area (Å²) in [6.07, 6.45) is 1.36. The van der Waals surface area contributed by atoms with E-state index < -0.39 is 10.8 Å². The number of carbonyl (C=O) groups excluding carboxylic acids is 1. The van der Waals surface area contributed by atoms with Crippen molar-refractivity contribution in [3.63, 3.8) is 0 Å². The number of benzene rings is 2. The number of nitro groups is 1. The van der Waals surface area contributed by atoms with E-state index in [1.54, 1.807) is 12.1 Å². The first-order valence-electron chi connectivity index (χ1n) is 7.38. The number of rotatable bonds is 7. The number of para-hydroxylation sites is 1. The molecule has 26 heavy (non-hydrogen) atoms. The summed E-state index contributed by atoms with van der Waals surface area (Å²) in [5.74, 6) is 0.591. The molecule has 0 aliphatic heterocycles. The van der Waals surface area contributed by atoms with Crippen molar-refractivity contribution in [1.29, 1.82) is 0 Å². The van der Waals surface area contributed by atoms with Crippen LogP contribution in [0.4, 0.5) is 5.69 Å². The third kappa shape index (κ3) is 4.07. The normalized spacial score (nSPS) is 10.4. The Labute approximate surface area is 149 Å². The number of ether oxygens (including phenoxy) is 3. The Hall–Kier alpha value is -3.62. The highest BCUT2D eigenvalue weighted by atomic mass is 16.6. The Kier molecular flexibility index (Phi) is 6.10. The van der Waals surface area contributed by atoms with Crippen LogP contribution >= 0.6 is 0 Å². The molecule has 0 heterocycles. The zero-order valence-electron chi connectivity index (χ0n) is 14.4. The Balaban J connectivity index is 2.21. The molecule has 9 heteroatoms. The molecule has 2 rings (SSSR count). The van der Waals surface area contributed by atoms with Crippen LogP contribution in [0.2, 0.25) is 0 Å². The van der Waals surface area contributed by atoms with Gasteiger partial charge in [-0.25, -0.2) is 5.43 Å². The fourth-order valence-corrected chi connectivity index (χ4v) is 2.23. The number of carbonyl (C=O) groups is 1. The molecule has 0 saturated heterocycles. The van der Waals surface area contributed by atoms with Gasteiger partial charge in [0.1, 0.15) is 5.56 Å². The van der Waals surface area contributed by atoms with Gasteiger partial charge in [-0.3, -0.25) is 14.9 Å². The van der Waals surface area contributed by atoms with Gasteiger partial charge in [-0.05, 0) is 18.2 Å². The van der Waals surface area contributed by atoms with Crippen molar-refractivity contribution in [2.45, 2.75) is 0 Å². The number of hydrazone groups is 1. The van der Waals surface area contributed by atoms with Gasteiger partial charge >= 0.3 is 0 Å². The highest BCUT2D eigenvalue weighted by Gasteiger charge is 2.18. The maximum absolute atomic E-state index is 12.1. The Bertz CT molecular complexity index is 825. The fourth-order valence-electron chi connectivity index (χ4n) is 2.23. The Morgan fingerprint density at radius 1 is 1.12 bits per heavy atom. The second kappa shape index (κ2) is 8.47. The van der Waals surface area contributed by atoms with Gasteiger partial charge in [-0.15, -0.1) is 0 Å². The van der Waals surface area contributed by atoms with Gasteiger partial charge in [0.25, 0.3) is 11.6 Å². The molecule has 9 nitrogen and oxygen atoms in total. The molecule has 0 bridgehead atoms. The first-order chi connectivity index (χ1) is 12.5. The number of amides is 1. The van der Waals surface area contributed by atoms with Crippen LogP contribution in [0.1, 0.15) is 15.9 Å². The van der Waals surface area contributed by atoms with Crippen molar-refractivity contribution in [3.8, 4) is 17.2 Å². The largest absolute Gasteiger partial charge is 0.493 e. The molecule has 1 N–H and O–H groups in total. The average molecular weight is 359 g/mol. The zero-order chi connectivity index (χ0) is 19.1. The number of nitrogens with one attached hydrogen (secondary N) is 1. The summed E-state index contributed by atoms with van der Waals surface area (Å²) >= 11 is 0. The lowest BCUT2D eigenvalue weighted by Crippen LogP contribution is -2.18. The first-order valence-corrected chi connectivity index (χ1v) is 7.38. The number of nitro benzene ring substituents is 1. The summed E-state index contributed by atoms with van der Waals surface area (Å²) in [6, 6.07) is 8.89. The van der Waals surface area contributed by atoms with Crippen LogP contribution in [-0.4, -0.2) is 38.4 Å². The van der Waals surface area contributed by atoms with E-state index in [0.29, 0.717) is 22.8 Å². The van der Waals surface area contributed by atoms with Gasteiger partial charge < -0.3 is 14.2 Å². The van der Waals surface area contributed by atoms with E-state index in [1.165, 1.54) is 51.8 Å². The standard InChI is InChI=1S/C17H17N3O6/c1-24-14-8-11(9-15(25-2)16(14)26-3)10-18-19-17(21)12-6-4-5-7-13(12)20(22)23/h4-10H,1-3H3,(H,19,21)/b18-10-. The van der Waals surface area contributed by atoms with Gasteiger partial charge in [-0.1, -0.05) is 12.1 Å². The maximum Gasteiger partial charge on any atom is 0.282 e. The number of hydrogen-bond donors (Lipinski definition) is 1. The van der Waals surface area contributed by atoms with Crippen molar-refractivity contribution in [2.24, 2.45) is 5.10 Å². The molecule has 0 aliphatic rings. The van der Waals surface area contributed by atoms with Crippen LogP contribution in [0.3, 0.4) is 0 Å². The second-order valence-corrected chi connectivity index (χ2v) is 4.93. The van der Waals surface area contributed by atoms with Crippen LogP contribution in [0, 0.1) is 10.1 Å². The SMILES string of the molecule is COc1cc(/C=N\NC(=O)c2ccccc2[N+](=O)[O-])cc(OC)c1OC. The summed E-state index contributed by atoms with van der Waals surface area (Å²) in [6.45, 7) is 0. The van der Waals surface area contributed by atoms with Gasteiger partial charge in [0, 0.05) is 11.6 Å². The summed E-state index contributed by atoms with van der Waals surface area (Å²) in [4.78, 5) is 22.5. The Morgan fingerprint density at radius 2 is 1.73 bits per heavy atom. The van der Waals surface area contributed by atoms with E-state index in [-0.39, 0.29) is 11.3 Å². The van der Waals surface area contributed by atoms with Crippen LogP contribution < -0.4 is 19.6 Å². The molecule has 0 aliphatic carbocycles. The molecule has 0 saturated carbocycles. The minimum atomic E-state index is -0.694. The third-order valence-electron chi connectivity index (χ3n) is 3.41. The van der Waals surface area contributed by atoms with Crippen LogP contribution in [0.5, 0.6) is 17.2 Å². The quantitative estimate of drug-likeness (QED) is 0.461. The predicted molar refractivity (Wildman–Crippen MR) is 94.3 cm³/mol. The van der Waals surface area contributed by atoms with Crippen LogP contribution in [0.15, 0.2) is 41.5 Å². The minimum absolute atomic E-state index is 0.0838. The molecule has 0 aromatic heterocycles. The van der Waals surface area contributed by atoms with Crippen molar-refractivity contribution in [1.82, 2.24) is 5.43 Å². The number of hydrogen-bond acceptors (Lipinski definition) is 7. The average Bonchev–Trinajstić information content (AvgIpc) is 2.66. The molecule has 136 valence electrons. The van der Waals surface area contributed by atoms with E-state index in [1.807, 2.05) is 0 Å². The van der Waals surface area contributed by atoms with Gasteiger partial charge in [0.2, 0.25) is 5.75 Å². The lowest BCUT2D eigenvalue weighted by Gasteiger charge is -2.12. The van der Waals surface area contributed by atoms with Crippen molar-refractivity contribution in [3.05, 3.63) is 57.6 Å². The summed E-state index contributed by atoms with van der Waals surface area (Å²) in [5.41, 5.74) is 2.45. The number of nitrogens with zero attached hydrogens (tertiary/aromatic N) is 2. The van der Waals surface area contributed by atoms with Gasteiger partial charge in [0.15, 0.2) is 11.5 Å². The highest BCUT2D eigenvalue weighted by Crippen LogP contribution is 2.37. The van der Waals surface area contributed by atoms with Crippen molar-refractivity contribution in [2.75, 3.05) is 21.3 Å². The van der Waals surface area contributed by atoms with Crippen LogP contribution in [0.25, 0.3) is 0 Å². The monoisotopic (exact) mass is 359 g/mol. The maximum atomic E-state index is 12.1. The van der Waals surface area contributed by atoms with E-state index in [0.717, 1.165) is 0 Å². The number of methoxy groups -OCH3 is 3. The second-order valence-electron chi connectivity index (χ2n) is 4.93. The Morgan fingerprint density at radius 3 is 2.27 bits per heavy atom. The molecular weight excluding hydrogens is 342 g/mol. The highest BCUT2D eigenvalue weighted by molar-refractivity contribution is 5.98. The molecule has 0 spiro atoms. The van der Waals surface area contributed by atoms with Gasteiger partial charge in [-0.2, -0.15) is 5.10 Å².